The molecule has 30 heavy (non-hydrogen) atoms. The molecule has 6 nitrogen and oxygen atoms in total. The molecule has 150 valence electrons. The first kappa shape index (κ1) is 18.9. The Hall–Kier alpha value is -3.10. The van der Waals surface area contributed by atoms with Crippen molar-refractivity contribution < 1.29 is 4.39 Å². The number of nitrogen functional groups attached to an aromatic ring is 1. The van der Waals surface area contributed by atoms with Crippen molar-refractivity contribution in [3.8, 4) is 22.4 Å². The average Bonchev–Trinajstić information content (AvgIpc) is 2.80. The van der Waals surface area contributed by atoms with E-state index in [4.69, 9.17) is 5.73 Å². The number of nitrogens with zero attached hydrogens (tertiary/aromatic N) is 4. The zero-order valence-corrected chi connectivity index (χ0v) is 16.9. The van der Waals surface area contributed by atoms with Gasteiger partial charge in [-0.05, 0) is 41.5 Å². The number of thioether (sulfide) groups is 1. The maximum Gasteiger partial charge on any atom is 0.165 e. The van der Waals surface area contributed by atoms with Gasteiger partial charge in [-0.25, -0.2) is 19.3 Å². The Kier molecular flexibility index (Phi) is 5.02. The van der Waals surface area contributed by atoms with Crippen LogP contribution in [-0.4, -0.2) is 38.8 Å². The molecule has 1 aliphatic rings. The lowest BCUT2D eigenvalue weighted by Gasteiger charge is -2.21. The van der Waals surface area contributed by atoms with Crippen molar-refractivity contribution >= 4 is 28.6 Å². The number of hydrogen-bond donors (Lipinski definition) is 2. The molecule has 8 heteroatoms. The van der Waals surface area contributed by atoms with Crippen molar-refractivity contribution in [3.63, 3.8) is 0 Å². The van der Waals surface area contributed by atoms with Crippen LogP contribution in [0.2, 0.25) is 0 Å². The van der Waals surface area contributed by atoms with E-state index in [9.17, 15) is 4.39 Å². The van der Waals surface area contributed by atoms with Gasteiger partial charge in [0.2, 0.25) is 0 Å². The SMILES string of the molecule is Nc1ncnc2nc(-c3ccc(C4CNCCS4)nc3)cc(-c3ccc(F)cc3)c12. The molecular weight excluding hydrogens is 399 g/mol. The Morgan fingerprint density at radius 3 is 2.60 bits per heavy atom. The number of rotatable bonds is 3. The van der Waals surface area contributed by atoms with Crippen molar-refractivity contribution in [1.82, 2.24) is 25.3 Å². The summed E-state index contributed by atoms with van der Waals surface area (Å²) >= 11 is 1.92. The quantitative estimate of drug-likeness (QED) is 0.522. The third kappa shape index (κ3) is 3.59. The highest BCUT2D eigenvalue weighted by molar-refractivity contribution is 7.99. The lowest BCUT2D eigenvalue weighted by molar-refractivity contribution is 0.628. The van der Waals surface area contributed by atoms with Crippen molar-refractivity contribution in [2.45, 2.75) is 5.25 Å². The van der Waals surface area contributed by atoms with Crippen molar-refractivity contribution in [2.24, 2.45) is 0 Å². The first-order valence-electron chi connectivity index (χ1n) is 9.65. The molecule has 0 bridgehead atoms. The molecule has 0 amide bonds. The van der Waals surface area contributed by atoms with Crippen LogP contribution in [0.3, 0.4) is 0 Å². The summed E-state index contributed by atoms with van der Waals surface area (Å²) in [4.78, 5) is 17.8. The second-order valence-electron chi connectivity index (χ2n) is 7.05. The van der Waals surface area contributed by atoms with Crippen LogP contribution in [0.5, 0.6) is 0 Å². The third-order valence-electron chi connectivity index (χ3n) is 5.13. The van der Waals surface area contributed by atoms with Crippen LogP contribution in [0.1, 0.15) is 10.9 Å². The van der Waals surface area contributed by atoms with Gasteiger partial charge in [0.05, 0.1) is 22.0 Å². The van der Waals surface area contributed by atoms with Gasteiger partial charge in [0.15, 0.2) is 5.65 Å². The summed E-state index contributed by atoms with van der Waals surface area (Å²) in [5.41, 5.74) is 10.9. The molecule has 1 saturated heterocycles. The Labute approximate surface area is 177 Å². The van der Waals surface area contributed by atoms with E-state index in [0.29, 0.717) is 22.1 Å². The van der Waals surface area contributed by atoms with Gasteiger partial charge < -0.3 is 11.1 Å². The zero-order valence-electron chi connectivity index (χ0n) is 16.0. The maximum absolute atomic E-state index is 13.5. The van der Waals surface area contributed by atoms with Gasteiger partial charge in [-0.3, -0.25) is 4.98 Å². The van der Waals surface area contributed by atoms with Crippen molar-refractivity contribution in [3.05, 3.63) is 66.5 Å². The fraction of sp³-hybridized carbons (Fsp3) is 0.182. The molecule has 4 aromatic rings. The van der Waals surface area contributed by atoms with Crippen molar-refractivity contribution in [1.29, 1.82) is 0 Å². The summed E-state index contributed by atoms with van der Waals surface area (Å²) in [6.45, 7) is 1.97. The predicted molar refractivity (Wildman–Crippen MR) is 118 cm³/mol. The Morgan fingerprint density at radius 1 is 1.03 bits per heavy atom. The van der Waals surface area contributed by atoms with Crippen LogP contribution < -0.4 is 11.1 Å². The van der Waals surface area contributed by atoms with E-state index in [1.807, 2.05) is 30.1 Å². The van der Waals surface area contributed by atoms with Gasteiger partial charge in [0.1, 0.15) is 18.0 Å². The van der Waals surface area contributed by atoms with Gasteiger partial charge in [-0.1, -0.05) is 12.1 Å². The molecule has 1 aromatic carbocycles. The predicted octanol–water partition coefficient (Wildman–Crippen LogP) is 3.85. The van der Waals surface area contributed by atoms with Gasteiger partial charge in [-0.15, -0.1) is 11.8 Å². The lowest BCUT2D eigenvalue weighted by atomic mass is 10.00. The third-order valence-corrected chi connectivity index (χ3v) is 6.38. The Balaban J connectivity index is 1.60. The number of nitrogens with one attached hydrogen (secondary N) is 1. The van der Waals surface area contributed by atoms with Gasteiger partial charge in [0, 0.05) is 30.6 Å². The number of pyridine rings is 2. The highest BCUT2D eigenvalue weighted by Gasteiger charge is 2.18. The average molecular weight is 419 g/mol. The minimum Gasteiger partial charge on any atom is -0.383 e. The molecule has 5 rings (SSSR count). The van der Waals surface area contributed by atoms with Crippen LogP contribution in [-0.2, 0) is 0 Å². The maximum atomic E-state index is 13.5. The highest BCUT2D eigenvalue weighted by Crippen LogP contribution is 2.34. The molecule has 0 spiro atoms. The first-order valence-corrected chi connectivity index (χ1v) is 10.7. The topological polar surface area (TPSA) is 89.6 Å². The zero-order chi connectivity index (χ0) is 20.5. The van der Waals surface area contributed by atoms with E-state index >= 15 is 0 Å². The van der Waals surface area contributed by atoms with Gasteiger partial charge in [-0.2, -0.15) is 0 Å². The molecule has 3 aromatic heterocycles. The molecular formula is C22H19FN6S. The van der Waals surface area contributed by atoms with Gasteiger partial charge >= 0.3 is 0 Å². The second kappa shape index (κ2) is 7.97. The second-order valence-corrected chi connectivity index (χ2v) is 8.37. The van der Waals surface area contributed by atoms with Crippen LogP contribution in [0.15, 0.2) is 55.0 Å². The standard InChI is InChI=1S/C22H19FN6S/c23-15-4-1-13(2-5-15)16-9-18(29-22-20(16)21(24)27-12-28-22)14-3-6-17(26-10-14)19-11-25-7-8-30-19/h1-6,9-10,12,19,25H,7-8,11H2,(H2,24,27,28,29). The molecule has 1 fully saturated rings. The molecule has 1 atom stereocenters. The number of anilines is 1. The van der Waals surface area contributed by atoms with E-state index in [-0.39, 0.29) is 5.82 Å². The van der Waals surface area contributed by atoms with Crippen LogP contribution in [0.25, 0.3) is 33.4 Å². The smallest absolute Gasteiger partial charge is 0.165 e. The summed E-state index contributed by atoms with van der Waals surface area (Å²) in [5, 5.41) is 4.42. The number of fused-ring (bicyclic) bond motifs is 1. The molecule has 4 heterocycles. The van der Waals surface area contributed by atoms with Crippen molar-refractivity contribution in [2.75, 3.05) is 24.6 Å². The largest absolute Gasteiger partial charge is 0.383 e. The highest BCUT2D eigenvalue weighted by atomic mass is 32.2. The fourth-order valence-corrected chi connectivity index (χ4v) is 4.69. The monoisotopic (exact) mass is 418 g/mol. The van der Waals surface area contributed by atoms with Crippen LogP contribution >= 0.6 is 11.8 Å². The summed E-state index contributed by atoms with van der Waals surface area (Å²) in [5.74, 6) is 1.13. The van der Waals surface area contributed by atoms with E-state index in [1.54, 1.807) is 12.1 Å². The van der Waals surface area contributed by atoms with Crippen LogP contribution in [0.4, 0.5) is 10.2 Å². The van der Waals surface area contributed by atoms with E-state index in [0.717, 1.165) is 46.9 Å². The van der Waals surface area contributed by atoms with Gasteiger partial charge in [0.25, 0.3) is 0 Å². The normalized spacial score (nSPS) is 16.6. The van der Waals surface area contributed by atoms with Crippen LogP contribution in [0, 0.1) is 5.82 Å². The minimum absolute atomic E-state index is 0.295. The van der Waals surface area contributed by atoms with E-state index < -0.39 is 0 Å². The lowest BCUT2D eigenvalue weighted by Crippen LogP contribution is -2.28. The first-order chi connectivity index (χ1) is 14.7. The van der Waals surface area contributed by atoms with E-state index in [2.05, 4.69) is 31.3 Å². The summed E-state index contributed by atoms with van der Waals surface area (Å²) in [7, 11) is 0. The minimum atomic E-state index is -0.295. The molecule has 1 unspecified atom stereocenters. The Bertz CT molecular complexity index is 1190. The summed E-state index contributed by atoms with van der Waals surface area (Å²) in [6.07, 6.45) is 3.25. The number of hydrogen-bond acceptors (Lipinski definition) is 7. The summed E-state index contributed by atoms with van der Waals surface area (Å²) < 4.78 is 13.5. The molecule has 1 aliphatic heterocycles. The summed E-state index contributed by atoms with van der Waals surface area (Å²) in [6, 6.07) is 12.3. The molecule has 0 radical (unpaired) electrons. The van der Waals surface area contributed by atoms with E-state index in [1.165, 1.54) is 18.5 Å². The molecule has 3 N–H and O–H groups in total. The number of aromatic nitrogens is 4. The fourth-order valence-electron chi connectivity index (χ4n) is 3.60. The molecule has 0 aliphatic carbocycles. The number of benzene rings is 1. The molecule has 0 saturated carbocycles. The number of halogens is 1. The Morgan fingerprint density at radius 2 is 1.87 bits per heavy atom. The number of nitrogens with two attached hydrogens (primary N) is 1.